The molecule has 0 aliphatic rings. The molecule has 0 spiro atoms. The monoisotopic (exact) mass is 372 g/mol. The SMILES string of the molecule is CC(C)(C)c1ccc(C(=O)C(=O)NNC(=O)Cc2ccc(Cl)cc2)cc1. The van der Waals surface area contributed by atoms with Crippen LogP contribution in [0, 0.1) is 0 Å². The van der Waals surface area contributed by atoms with E-state index in [1.54, 1.807) is 36.4 Å². The maximum absolute atomic E-state index is 12.1. The molecule has 2 rings (SSSR count). The van der Waals surface area contributed by atoms with Crippen molar-refractivity contribution < 1.29 is 14.4 Å². The molecule has 2 N–H and O–H groups in total. The van der Waals surface area contributed by atoms with E-state index in [1.165, 1.54) is 0 Å². The molecule has 0 bridgehead atoms. The number of Topliss-reactive ketones (excluding diaryl/α,β-unsaturated/α-hetero) is 1. The molecular formula is C20H21ClN2O3. The highest BCUT2D eigenvalue weighted by molar-refractivity contribution is 6.42. The first-order valence-electron chi connectivity index (χ1n) is 8.15. The minimum atomic E-state index is -0.891. The third kappa shape index (κ3) is 5.43. The Kier molecular flexibility index (Phi) is 6.16. The van der Waals surface area contributed by atoms with E-state index < -0.39 is 17.6 Å². The minimum absolute atomic E-state index is 0.0422. The molecule has 2 aromatic rings. The van der Waals surface area contributed by atoms with Crippen LogP contribution in [0.4, 0.5) is 0 Å². The van der Waals surface area contributed by atoms with E-state index in [0.29, 0.717) is 5.02 Å². The van der Waals surface area contributed by atoms with E-state index in [1.807, 2.05) is 12.1 Å². The zero-order valence-corrected chi connectivity index (χ0v) is 15.7. The standard InChI is InChI=1S/C20H21ClN2O3/c1-20(2,3)15-8-6-14(7-9-15)18(25)19(26)23-22-17(24)12-13-4-10-16(21)11-5-13/h4-11H,12H2,1-3H3,(H,22,24)(H,23,26). The molecule has 0 unspecified atom stereocenters. The fraction of sp³-hybridized carbons (Fsp3) is 0.250. The number of hydrogen-bond acceptors (Lipinski definition) is 3. The Labute approximate surface area is 157 Å². The van der Waals surface area contributed by atoms with Crippen molar-refractivity contribution in [2.75, 3.05) is 0 Å². The van der Waals surface area contributed by atoms with Gasteiger partial charge in [0, 0.05) is 10.6 Å². The second-order valence-electron chi connectivity index (χ2n) is 6.96. The molecule has 2 amide bonds. The number of hydrogen-bond donors (Lipinski definition) is 2. The molecule has 0 heterocycles. The van der Waals surface area contributed by atoms with Crippen LogP contribution < -0.4 is 10.9 Å². The number of halogens is 1. The lowest BCUT2D eigenvalue weighted by atomic mass is 9.86. The lowest BCUT2D eigenvalue weighted by Gasteiger charge is -2.18. The molecule has 0 aliphatic heterocycles. The average Bonchev–Trinajstić information content (AvgIpc) is 2.60. The van der Waals surface area contributed by atoms with Gasteiger partial charge in [-0.25, -0.2) is 0 Å². The lowest BCUT2D eigenvalue weighted by Crippen LogP contribution is -2.45. The van der Waals surface area contributed by atoms with E-state index in [2.05, 4.69) is 31.6 Å². The molecule has 5 nitrogen and oxygen atoms in total. The van der Waals surface area contributed by atoms with Gasteiger partial charge in [-0.05, 0) is 28.7 Å². The van der Waals surface area contributed by atoms with Crippen molar-refractivity contribution in [1.29, 1.82) is 0 Å². The maximum Gasteiger partial charge on any atom is 0.310 e. The number of carbonyl (C=O) groups is 3. The van der Waals surface area contributed by atoms with Gasteiger partial charge in [-0.1, -0.05) is 68.8 Å². The minimum Gasteiger partial charge on any atom is -0.283 e. The third-order valence-corrected chi connectivity index (χ3v) is 4.06. The van der Waals surface area contributed by atoms with Crippen LogP contribution in [-0.2, 0) is 21.4 Å². The van der Waals surface area contributed by atoms with Gasteiger partial charge >= 0.3 is 5.91 Å². The summed E-state index contributed by atoms with van der Waals surface area (Å²) in [6.45, 7) is 6.19. The van der Waals surface area contributed by atoms with Crippen LogP contribution in [0.1, 0.15) is 42.3 Å². The number of carbonyl (C=O) groups excluding carboxylic acids is 3. The highest BCUT2D eigenvalue weighted by atomic mass is 35.5. The number of nitrogens with one attached hydrogen (secondary N) is 2. The predicted octanol–water partition coefficient (Wildman–Crippen LogP) is 3.21. The normalized spacial score (nSPS) is 10.9. The van der Waals surface area contributed by atoms with Crippen molar-refractivity contribution in [3.63, 3.8) is 0 Å². The Morgan fingerprint density at radius 3 is 2.00 bits per heavy atom. The van der Waals surface area contributed by atoms with E-state index in [-0.39, 0.29) is 17.4 Å². The second-order valence-corrected chi connectivity index (χ2v) is 7.40. The molecule has 0 saturated carbocycles. The number of hydrazine groups is 1. The molecule has 6 heteroatoms. The lowest BCUT2D eigenvalue weighted by molar-refractivity contribution is -0.126. The summed E-state index contributed by atoms with van der Waals surface area (Å²) in [6.07, 6.45) is 0.0614. The molecule has 26 heavy (non-hydrogen) atoms. The Morgan fingerprint density at radius 1 is 0.885 bits per heavy atom. The molecule has 0 fully saturated rings. The fourth-order valence-corrected chi connectivity index (χ4v) is 2.39. The van der Waals surface area contributed by atoms with E-state index in [4.69, 9.17) is 11.6 Å². The predicted molar refractivity (Wildman–Crippen MR) is 101 cm³/mol. The summed E-state index contributed by atoms with van der Waals surface area (Å²) >= 11 is 5.78. The third-order valence-electron chi connectivity index (χ3n) is 3.81. The van der Waals surface area contributed by atoms with Crippen molar-refractivity contribution in [3.05, 3.63) is 70.2 Å². The van der Waals surface area contributed by atoms with Crippen molar-refractivity contribution >= 4 is 29.2 Å². The summed E-state index contributed by atoms with van der Waals surface area (Å²) in [5, 5.41) is 0.575. The first-order chi connectivity index (χ1) is 12.2. The van der Waals surface area contributed by atoms with Crippen LogP contribution in [0.5, 0.6) is 0 Å². The highest BCUT2D eigenvalue weighted by Crippen LogP contribution is 2.22. The topological polar surface area (TPSA) is 75.3 Å². The van der Waals surface area contributed by atoms with Crippen LogP contribution in [0.15, 0.2) is 48.5 Å². The molecule has 2 aromatic carbocycles. The van der Waals surface area contributed by atoms with E-state index in [9.17, 15) is 14.4 Å². The Bertz CT molecular complexity index is 806. The maximum atomic E-state index is 12.1. The number of benzene rings is 2. The quantitative estimate of drug-likeness (QED) is 0.491. The van der Waals surface area contributed by atoms with Crippen molar-refractivity contribution in [1.82, 2.24) is 10.9 Å². The van der Waals surface area contributed by atoms with Crippen molar-refractivity contribution in [2.45, 2.75) is 32.6 Å². The molecule has 0 saturated heterocycles. The highest BCUT2D eigenvalue weighted by Gasteiger charge is 2.19. The molecule has 136 valence electrons. The molecule has 0 atom stereocenters. The Hall–Kier alpha value is -2.66. The molecule has 0 aromatic heterocycles. The number of rotatable bonds is 4. The number of ketones is 1. The molecular weight excluding hydrogens is 352 g/mol. The van der Waals surface area contributed by atoms with Crippen LogP contribution >= 0.6 is 11.6 Å². The zero-order chi connectivity index (χ0) is 19.3. The molecule has 0 radical (unpaired) electrons. The van der Waals surface area contributed by atoms with Crippen molar-refractivity contribution in [3.8, 4) is 0 Å². The average molecular weight is 373 g/mol. The molecule has 0 aliphatic carbocycles. The van der Waals surface area contributed by atoms with E-state index in [0.717, 1.165) is 11.1 Å². The van der Waals surface area contributed by atoms with Gasteiger partial charge in [0.25, 0.3) is 5.78 Å². The first-order valence-corrected chi connectivity index (χ1v) is 8.53. The smallest absolute Gasteiger partial charge is 0.283 e. The summed E-state index contributed by atoms with van der Waals surface area (Å²) in [4.78, 5) is 35.9. The largest absolute Gasteiger partial charge is 0.310 e. The van der Waals surface area contributed by atoms with Gasteiger partial charge < -0.3 is 0 Å². The fourth-order valence-electron chi connectivity index (χ4n) is 2.27. The van der Waals surface area contributed by atoms with Crippen LogP contribution in [0.25, 0.3) is 0 Å². The van der Waals surface area contributed by atoms with E-state index >= 15 is 0 Å². The van der Waals surface area contributed by atoms with Gasteiger partial charge in [0.05, 0.1) is 6.42 Å². The van der Waals surface area contributed by atoms with Gasteiger partial charge in [0.2, 0.25) is 5.91 Å². The van der Waals surface area contributed by atoms with Crippen LogP contribution in [0.2, 0.25) is 5.02 Å². The van der Waals surface area contributed by atoms with Crippen molar-refractivity contribution in [2.24, 2.45) is 0 Å². The summed E-state index contributed by atoms with van der Waals surface area (Å²) < 4.78 is 0. The van der Waals surface area contributed by atoms with Gasteiger partial charge in [0.15, 0.2) is 0 Å². The second kappa shape index (κ2) is 8.15. The summed E-state index contributed by atoms with van der Waals surface area (Å²) in [7, 11) is 0. The summed E-state index contributed by atoms with van der Waals surface area (Å²) in [6, 6.07) is 13.6. The van der Waals surface area contributed by atoms with Gasteiger partial charge in [0.1, 0.15) is 0 Å². The number of amides is 2. The van der Waals surface area contributed by atoms with Crippen LogP contribution in [-0.4, -0.2) is 17.6 Å². The van der Waals surface area contributed by atoms with Gasteiger partial charge in [-0.3, -0.25) is 25.2 Å². The van der Waals surface area contributed by atoms with Gasteiger partial charge in [-0.15, -0.1) is 0 Å². The first kappa shape index (κ1) is 19.7. The van der Waals surface area contributed by atoms with Gasteiger partial charge in [-0.2, -0.15) is 0 Å². The Balaban J connectivity index is 1.89. The summed E-state index contributed by atoms with van der Waals surface area (Å²) in [5.74, 6) is -2.04. The Morgan fingerprint density at radius 2 is 1.46 bits per heavy atom. The summed E-state index contributed by atoms with van der Waals surface area (Å²) in [5.41, 5.74) is 6.41. The zero-order valence-electron chi connectivity index (χ0n) is 14.9. The van der Waals surface area contributed by atoms with Crippen LogP contribution in [0.3, 0.4) is 0 Å².